The molecule has 1 fully saturated rings. The van der Waals surface area contributed by atoms with Crippen molar-refractivity contribution in [2.75, 3.05) is 39.4 Å². The summed E-state index contributed by atoms with van der Waals surface area (Å²) in [6.07, 6.45) is 0.724. The lowest BCUT2D eigenvalue weighted by Crippen LogP contribution is -2.40. The van der Waals surface area contributed by atoms with E-state index in [0.717, 1.165) is 12.0 Å². The number of halogens is 1. The molecule has 0 saturated carbocycles. The van der Waals surface area contributed by atoms with Gasteiger partial charge >= 0.3 is 0 Å². The zero-order valence-corrected chi connectivity index (χ0v) is 18.2. The number of carbonyl (C=O) groups excluding carboxylic acids is 2. The third-order valence-electron chi connectivity index (χ3n) is 5.22. The molecule has 0 unspecified atom stereocenters. The summed E-state index contributed by atoms with van der Waals surface area (Å²) in [4.78, 5) is 28.5. The molecule has 1 heterocycles. The SMILES string of the molecule is Cc1ccc(OCC(=O)N2CCCN(C(=O)COc3ccc(Cl)cc3)CC2)cc1C. The van der Waals surface area contributed by atoms with E-state index < -0.39 is 0 Å². The highest BCUT2D eigenvalue weighted by molar-refractivity contribution is 6.30. The lowest BCUT2D eigenvalue weighted by atomic mass is 10.1. The van der Waals surface area contributed by atoms with Gasteiger partial charge in [-0.25, -0.2) is 0 Å². The van der Waals surface area contributed by atoms with Gasteiger partial charge in [0.15, 0.2) is 13.2 Å². The first-order valence-corrected chi connectivity index (χ1v) is 10.4. The van der Waals surface area contributed by atoms with Gasteiger partial charge in [-0.05, 0) is 67.8 Å². The van der Waals surface area contributed by atoms with Crippen LogP contribution in [0.25, 0.3) is 0 Å². The summed E-state index contributed by atoms with van der Waals surface area (Å²) in [7, 11) is 0. The van der Waals surface area contributed by atoms with Crippen molar-refractivity contribution in [2.24, 2.45) is 0 Å². The van der Waals surface area contributed by atoms with E-state index in [-0.39, 0.29) is 25.0 Å². The van der Waals surface area contributed by atoms with Gasteiger partial charge in [-0.2, -0.15) is 0 Å². The number of rotatable bonds is 6. The van der Waals surface area contributed by atoms with E-state index in [9.17, 15) is 9.59 Å². The average molecular weight is 431 g/mol. The minimum Gasteiger partial charge on any atom is -0.484 e. The number of carbonyl (C=O) groups is 2. The molecule has 0 atom stereocenters. The molecule has 0 spiro atoms. The first-order valence-electron chi connectivity index (χ1n) is 10.1. The Hall–Kier alpha value is -2.73. The molecule has 2 aromatic carbocycles. The maximum Gasteiger partial charge on any atom is 0.260 e. The number of hydrogen-bond donors (Lipinski definition) is 0. The molecule has 7 heteroatoms. The van der Waals surface area contributed by atoms with Crippen molar-refractivity contribution in [1.29, 1.82) is 0 Å². The van der Waals surface area contributed by atoms with Gasteiger partial charge in [0, 0.05) is 31.2 Å². The van der Waals surface area contributed by atoms with Crippen LogP contribution in [0.2, 0.25) is 5.02 Å². The normalized spacial score (nSPS) is 14.2. The van der Waals surface area contributed by atoms with Gasteiger partial charge in [0.1, 0.15) is 11.5 Å². The smallest absolute Gasteiger partial charge is 0.260 e. The van der Waals surface area contributed by atoms with Crippen LogP contribution in [0.4, 0.5) is 0 Å². The first kappa shape index (κ1) is 22.0. The highest BCUT2D eigenvalue weighted by atomic mass is 35.5. The summed E-state index contributed by atoms with van der Waals surface area (Å²) in [6.45, 7) is 6.19. The standard InChI is InChI=1S/C23H27ClN2O4/c1-17-4-7-21(14-18(17)2)30-16-23(28)26-11-3-10-25(12-13-26)22(27)15-29-20-8-5-19(24)6-9-20/h4-9,14H,3,10-13,15-16H2,1-2H3. The molecule has 1 saturated heterocycles. The van der Waals surface area contributed by atoms with Gasteiger partial charge < -0.3 is 19.3 Å². The van der Waals surface area contributed by atoms with Crippen LogP contribution in [0.15, 0.2) is 42.5 Å². The van der Waals surface area contributed by atoms with Crippen molar-refractivity contribution in [1.82, 2.24) is 9.80 Å². The fourth-order valence-corrected chi connectivity index (χ4v) is 3.35. The van der Waals surface area contributed by atoms with Crippen LogP contribution < -0.4 is 9.47 Å². The van der Waals surface area contributed by atoms with Gasteiger partial charge in [-0.3, -0.25) is 9.59 Å². The van der Waals surface area contributed by atoms with Crippen molar-refractivity contribution >= 4 is 23.4 Å². The van der Waals surface area contributed by atoms with Gasteiger partial charge in [-0.1, -0.05) is 17.7 Å². The third-order valence-corrected chi connectivity index (χ3v) is 5.47. The van der Waals surface area contributed by atoms with Crippen LogP contribution in [0.5, 0.6) is 11.5 Å². The van der Waals surface area contributed by atoms with Crippen molar-refractivity contribution in [3.63, 3.8) is 0 Å². The highest BCUT2D eigenvalue weighted by Gasteiger charge is 2.22. The third kappa shape index (κ3) is 6.13. The second-order valence-electron chi connectivity index (χ2n) is 7.39. The maximum atomic E-state index is 12.6. The predicted molar refractivity (Wildman–Crippen MR) is 116 cm³/mol. The molecule has 1 aliphatic rings. The van der Waals surface area contributed by atoms with Crippen LogP contribution in [-0.4, -0.2) is 61.0 Å². The molecule has 0 aliphatic carbocycles. The second kappa shape index (κ2) is 10.3. The Balaban J connectivity index is 1.45. The zero-order chi connectivity index (χ0) is 21.5. The summed E-state index contributed by atoms with van der Waals surface area (Å²) in [6, 6.07) is 12.7. The Labute approximate surface area is 182 Å². The Morgan fingerprint density at radius 2 is 1.33 bits per heavy atom. The quantitative estimate of drug-likeness (QED) is 0.704. The summed E-state index contributed by atoms with van der Waals surface area (Å²) >= 11 is 5.85. The monoisotopic (exact) mass is 430 g/mol. The number of nitrogens with zero attached hydrogens (tertiary/aromatic N) is 2. The van der Waals surface area contributed by atoms with E-state index in [4.69, 9.17) is 21.1 Å². The van der Waals surface area contributed by atoms with E-state index in [1.54, 1.807) is 34.1 Å². The second-order valence-corrected chi connectivity index (χ2v) is 7.83. The summed E-state index contributed by atoms with van der Waals surface area (Å²) in [5, 5.41) is 0.618. The molecule has 3 rings (SSSR count). The van der Waals surface area contributed by atoms with Crippen molar-refractivity contribution in [2.45, 2.75) is 20.3 Å². The lowest BCUT2D eigenvalue weighted by Gasteiger charge is -2.22. The molecular formula is C23H27ClN2O4. The lowest BCUT2D eigenvalue weighted by molar-refractivity contribution is -0.135. The molecule has 30 heavy (non-hydrogen) atoms. The van der Waals surface area contributed by atoms with E-state index in [2.05, 4.69) is 0 Å². The van der Waals surface area contributed by atoms with Crippen molar-refractivity contribution in [3.05, 3.63) is 58.6 Å². The summed E-state index contributed by atoms with van der Waals surface area (Å²) in [5.41, 5.74) is 2.32. The summed E-state index contributed by atoms with van der Waals surface area (Å²) < 4.78 is 11.2. The molecule has 2 aromatic rings. The largest absolute Gasteiger partial charge is 0.484 e. The van der Waals surface area contributed by atoms with Gasteiger partial charge in [-0.15, -0.1) is 0 Å². The molecule has 0 bridgehead atoms. The number of ether oxygens (including phenoxy) is 2. The van der Waals surface area contributed by atoms with Crippen LogP contribution in [-0.2, 0) is 9.59 Å². The van der Waals surface area contributed by atoms with Gasteiger partial charge in [0.2, 0.25) is 0 Å². The van der Waals surface area contributed by atoms with Crippen molar-refractivity contribution < 1.29 is 19.1 Å². The van der Waals surface area contributed by atoms with Crippen LogP contribution in [0.3, 0.4) is 0 Å². The Bertz CT molecular complexity index is 885. The first-order chi connectivity index (χ1) is 14.4. The Morgan fingerprint density at radius 3 is 1.90 bits per heavy atom. The molecule has 0 aromatic heterocycles. The molecule has 2 amide bonds. The molecule has 0 N–H and O–H groups in total. The number of hydrogen-bond acceptors (Lipinski definition) is 4. The number of aryl methyl sites for hydroxylation is 2. The fraction of sp³-hybridized carbons (Fsp3) is 0.391. The molecular weight excluding hydrogens is 404 g/mol. The Kier molecular flexibility index (Phi) is 7.57. The van der Waals surface area contributed by atoms with Gasteiger partial charge in [0.05, 0.1) is 0 Å². The molecule has 160 valence electrons. The number of amides is 2. The minimum absolute atomic E-state index is 0.00384. The van der Waals surface area contributed by atoms with Gasteiger partial charge in [0.25, 0.3) is 11.8 Å². The topological polar surface area (TPSA) is 59.1 Å². The molecule has 6 nitrogen and oxygen atoms in total. The molecule has 0 radical (unpaired) electrons. The van der Waals surface area contributed by atoms with Crippen molar-refractivity contribution in [3.8, 4) is 11.5 Å². The average Bonchev–Trinajstić information content (AvgIpc) is 3.00. The minimum atomic E-state index is -0.0920. The predicted octanol–water partition coefficient (Wildman–Crippen LogP) is 3.48. The maximum absolute atomic E-state index is 12.6. The van der Waals surface area contributed by atoms with E-state index in [1.165, 1.54) is 5.56 Å². The summed E-state index contributed by atoms with van der Waals surface area (Å²) in [5.74, 6) is 1.13. The zero-order valence-electron chi connectivity index (χ0n) is 17.4. The number of benzene rings is 2. The van der Waals surface area contributed by atoms with E-state index in [0.29, 0.717) is 42.7 Å². The van der Waals surface area contributed by atoms with E-state index >= 15 is 0 Å². The Morgan fingerprint density at radius 1 is 0.800 bits per heavy atom. The van der Waals surface area contributed by atoms with E-state index in [1.807, 2.05) is 32.0 Å². The van der Waals surface area contributed by atoms with Crippen LogP contribution in [0.1, 0.15) is 17.5 Å². The highest BCUT2D eigenvalue weighted by Crippen LogP contribution is 2.17. The molecule has 1 aliphatic heterocycles. The van der Waals surface area contributed by atoms with Crippen LogP contribution in [0, 0.1) is 13.8 Å². The fourth-order valence-electron chi connectivity index (χ4n) is 3.22. The van der Waals surface area contributed by atoms with Crippen LogP contribution >= 0.6 is 11.6 Å².